The fourth-order valence-corrected chi connectivity index (χ4v) is 7.87. The van der Waals surface area contributed by atoms with E-state index in [1.54, 1.807) is 0 Å². The molecule has 0 amide bonds. The Bertz CT molecular complexity index is 1480. The molecule has 0 heterocycles. The molecule has 0 bridgehead atoms. The van der Waals surface area contributed by atoms with Crippen LogP contribution in [0.5, 0.6) is 0 Å². The second-order valence-electron chi connectivity index (χ2n) is 13.6. The van der Waals surface area contributed by atoms with E-state index >= 15 is 0 Å². The highest BCUT2D eigenvalue weighted by atomic mass is 15.1. The van der Waals surface area contributed by atoms with Gasteiger partial charge in [0.05, 0.1) is 0 Å². The van der Waals surface area contributed by atoms with Crippen LogP contribution in [0.15, 0.2) is 148 Å². The van der Waals surface area contributed by atoms with Gasteiger partial charge in [-0.1, -0.05) is 147 Å². The molecule has 0 saturated carbocycles. The summed E-state index contributed by atoms with van der Waals surface area (Å²) in [6.45, 7) is 16.4. The van der Waals surface area contributed by atoms with Gasteiger partial charge in [-0.3, -0.25) is 0 Å². The first kappa shape index (κ1) is 38.7. The zero-order valence-electron chi connectivity index (χ0n) is 31.1. The average molecular weight is 659 g/mol. The molecule has 256 valence electrons. The predicted octanol–water partition coefficient (Wildman–Crippen LogP) is 9.85. The third-order valence-electron chi connectivity index (χ3n) is 10.1. The molecule has 0 aliphatic carbocycles. The van der Waals surface area contributed by atoms with Gasteiger partial charge in [-0.2, -0.15) is 0 Å². The standard InChI is InChI=1S/C46H56B2N2/c1-9-23-37-27-13-17-31-41(37)45(49(5)6,42-32-18-14-28-38(42)24-10-2)47-35-21-22-36-48-46(50(7)8,43-33-19-15-29-39(43)25-11-3)44-34-20-16-30-40(44)26-12-4/h9-20,27-34H,1-4,21-26,35-36H2,5-8H3. The Hall–Kier alpha value is -4.11. The van der Waals surface area contributed by atoms with Crippen LogP contribution in [0.3, 0.4) is 0 Å². The third kappa shape index (κ3) is 8.26. The molecule has 0 unspecified atom stereocenters. The fraction of sp³-hybridized carbons (Fsp3) is 0.304. The van der Waals surface area contributed by atoms with Crippen LogP contribution in [0.25, 0.3) is 0 Å². The average Bonchev–Trinajstić information content (AvgIpc) is 3.12. The summed E-state index contributed by atoms with van der Waals surface area (Å²) in [5.74, 6) is 0. The minimum atomic E-state index is -0.399. The zero-order chi connectivity index (χ0) is 36.0. The molecular formula is C46H56B2N2. The molecule has 0 aromatic heterocycles. The Kier molecular flexibility index (Phi) is 14.5. The normalized spacial score (nSPS) is 11.7. The molecule has 4 rings (SSSR count). The monoisotopic (exact) mass is 658 g/mol. The van der Waals surface area contributed by atoms with Crippen molar-refractivity contribution in [2.24, 2.45) is 0 Å². The Morgan fingerprint density at radius 2 is 0.680 bits per heavy atom. The smallest absolute Gasteiger partial charge is 0.149 e. The van der Waals surface area contributed by atoms with E-state index in [9.17, 15) is 0 Å². The van der Waals surface area contributed by atoms with Crippen LogP contribution in [0, 0.1) is 0 Å². The van der Waals surface area contributed by atoms with E-state index < -0.39 is 10.9 Å². The van der Waals surface area contributed by atoms with Crippen molar-refractivity contribution in [2.75, 3.05) is 28.2 Å². The molecule has 0 N–H and O–H groups in total. The summed E-state index contributed by atoms with van der Waals surface area (Å²) in [7, 11) is 14.0. The lowest BCUT2D eigenvalue weighted by Crippen LogP contribution is -2.49. The van der Waals surface area contributed by atoms with Gasteiger partial charge in [0.1, 0.15) is 14.6 Å². The number of nitrogens with zero attached hydrogens (tertiary/aromatic N) is 2. The number of hydrogen-bond acceptors (Lipinski definition) is 2. The van der Waals surface area contributed by atoms with Crippen LogP contribution < -0.4 is 0 Å². The largest absolute Gasteiger partial charge is 0.303 e. The zero-order valence-corrected chi connectivity index (χ0v) is 31.1. The van der Waals surface area contributed by atoms with Gasteiger partial charge in [-0.05, 0) is 98.4 Å². The van der Waals surface area contributed by atoms with Crippen LogP contribution in [-0.2, 0) is 36.6 Å². The molecule has 0 fully saturated rings. The second kappa shape index (κ2) is 18.8. The Morgan fingerprint density at radius 3 is 0.900 bits per heavy atom. The van der Waals surface area contributed by atoms with E-state index in [1.807, 2.05) is 24.3 Å². The summed E-state index contributed by atoms with van der Waals surface area (Å²) >= 11 is 0. The van der Waals surface area contributed by atoms with Gasteiger partial charge >= 0.3 is 0 Å². The Morgan fingerprint density at radius 1 is 0.440 bits per heavy atom. The van der Waals surface area contributed by atoms with E-state index in [4.69, 9.17) is 0 Å². The van der Waals surface area contributed by atoms with E-state index in [-0.39, 0.29) is 0 Å². The molecule has 4 aromatic rings. The summed E-state index contributed by atoms with van der Waals surface area (Å²) < 4.78 is 0. The molecule has 50 heavy (non-hydrogen) atoms. The number of benzene rings is 4. The summed E-state index contributed by atoms with van der Waals surface area (Å²) in [5.41, 5.74) is 9.70. The highest BCUT2D eigenvalue weighted by Gasteiger charge is 2.41. The molecular weight excluding hydrogens is 602 g/mol. The first-order valence-electron chi connectivity index (χ1n) is 18.1. The van der Waals surface area contributed by atoms with Crippen molar-refractivity contribution in [3.05, 3.63) is 192 Å². The van der Waals surface area contributed by atoms with Crippen LogP contribution in [-0.4, -0.2) is 52.5 Å². The molecule has 0 saturated heterocycles. The maximum atomic E-state index is 4.09. The summed E-state index contributed by atoms with van der Waals surface area (Å²) in [4.78, 5) is 4.79. The third-order valence-corrected chi connectivity index (χ3v) is 10.1. The summed E-state index contributed by atoms with van der Waals surface area (Å²) in [5, 5.41) is 0. The Balaban J connectivity index is 1.68. The first-order valence-corrected chi connectivity index (χ1v) is 18.1. The van der Waals surface area contributed by atoms with Gasteiger partial charge in [-0.15, -0.1) is 26.3 Å². The van der Waals surface area contributed by atoms with Crippen molar-refractivity contribution in [2.45, 2.75) is 62.0 Å². The maximum absolute atomic E-state index is 4.09. The van der Waals surface area contributed by atoms with Crippen LogP contribution in [0.2, 0.25) is 12.6 Å². The molecule has 2 radical (unpaired) electrons. The van der Waals surface area contributed by atoms with E-state index in [1.165, 1.54) is 44.5 Å². The van der Waals surface area contributed by atoms with Gasteiger partial charge < -0.3 is 9.80 Å². The number of unbranched alkanes of at least 4 members (excludes halogenated alkanes) is 1. The predicted molar refractivity (Wildman–Crippen MR) is 221 cm³/mol. The number of rotatable bonds is 21. The number of allylic oxidation sites excluding steroid dienone is 4. The van der Waals surface area contributed by atoms with Crippen LogP contribution in [0.4, 0.5) is 0 Å². The van der Waals surface area contributed by atoms with Crippen molar-refractivity contribution in [3.8, 4) is 0 Å². The molecule has 0 aliphatic heterocycles. The summed E-state index contributed by atoms with van der Waals surface area (Å²) in [6, 6.07) is 35.5. The molecule has 4 heteroatoms. The fourth-order valence-electron chi connectivity index (χ4n) is 7.87. The minimum absolute atomic E-state index is 0.399. The molecule has 2 nitrogen and oxygen atoms in total. The molecule has 0 atom stereocenters. The van der Waals surface area contributed by atoms with Crippen molar-refractivity contribution >= 4 is 14.6 Å². The van der Waals surface area contributed by atoms with Crippen molar-refractivity contribution in [3.63, 3.8) is 0 Å². The first-order chi connectivity index (χ1) is 24.3. The highest BCUT2D eigenvalue weighted by Crippen LogP contribution is 2.41. The Labute approximate surface area is 305 Å². The van der Waals surface area contributed by atoms with Gasteiger partial charge in [-0.25, -0.2) is 0 Å². The van der Waals surface area contributed by atoms with Crippen LogP contribution >= 0.6 is 0 Å². The quantitative estimate of drug-likeness (QED) is 0.0500. The highest BCUT2D eigenvalue weighted by molar-refractivity contribution is 6.42. The van der Waals surface area contributed by atoms with Crippen molar-refractivity contribution < 1.29 is 0 Å². The molecule has 4 aromatic carbocycles. The lowest BCUT2D eigenvalue weighted by atomic mass is 9.46. The molecule has 0 spiro atoms. The summed E-state index contributed by atoms with van der Waals surface area (Å²) in [6.07, 6.45) is 15.5. The van der Waals surface area contributed by atoms with Gasteiger partial charge in [0, 0.05) is 10.9 Å². The topological polar surface area (TPSA) is 6.48 Å². The molecule has 0 aliphatic rings. The SMILES string of the molecule is C=CCc1ccccc1C([B]CCCC[B]C(c1ccccc1CC=C)(c1ccccc1CC=C)N(C)C)(c1ccccc1CC=C)N(C)C. The van der Waals surface area contributed by atoms with E-state index in [0.29, 0.717) is 0 Å². The van der Waals surface area contributed by atoms with Crippen molar-refractivity contribution in [1.82, 2.24) is 9.80 Å². The lowest BCUT2D eigenvalue weighted by molar-refractivity contribution is 0.287. The number of hydrogen-bond donors (Lipinski definition) is 0. The maximum Gasteiger partial charge on any atom is 0.149 e. The second-order valence-corrected chi connectivity index (χ2v) is 13.6. The van der Waals surface area contributed by atoms with Gasteiger partial charge in [0.2, 0.25) is 0 Å². The van der Waals surface area contributed by atoms with Gasteiger partial charge in [0.25, 0.3) is 0 Å². The minimum Gasteiger partial charge on any atom is -0.303 e. The van der Waals surface area contributed by atoms with E-state index in [2.05, 4.69) is 176 Å². The lowest BCUT2D eigenvalue weighted by Gasteiger charge is -2.44. The van der Waals surface area contributed by atoms with Crippen molar-refractivity contribution in [1.29, 1.82) is 0 Å². The van der Waals surface area contributed by atoms with Gasteiger partial charge in [0.15, 0.2) is 0 Å². The van der Waals surface area contributed by atoms with Crippen LogP contribution in [0.1, 0.15) is 57.3 Å². The van der Waals surface area contributed by atoms with E-state index in [0.717, 1.165) is 51.2 Å².